The summed E-state index contributed by atoms with van der Waals surface area (Å²) in [7, 11) is 0. The summed E-state index contributed by atoms with van der Waals surface area (Å²) in [5.74, 6) is 1.95. The lowest BCUT2D eigenvalue weighted by molar-refractivity contribution is 0.292. The van der Waals surface area contributed by atoms with Gasteiger partial charge in [-0.2, -0.15) is 4.98 Å². The number of hydrogen-bond acceptors (Lipinski definition) is 5. The first-order valence-electron chi connectivity index (χ1n) is 9.48. The Morgan fingerprint density at radius 1 is 1.23 bits per heavy atom. The van der Waals surface area contributed by atoms with Crippen LogP contribution in [0.15, 0.2) is 30.3 Å². The first kappa shape index (κ1) is 18.6. The molecule has 0 saturated heterocycles. The quantitative estimate of drug-likeness (QED) is 0.775. The van der Waals surface area contributed by atoms with E-state index in [4.69, 9.17) is 10.1 Å². The van der Waals surface area contributed by atoms with Crippen LogP contribution in [-0.4, -0.2) is 34.8 Å². The number of nitrogens with zero attached hydrogens (tertiary/aromatic N) is 3. The Morgan fingerprint density at radius 2 is 2.00 bits per heavy atom. The van der Waals surface area contributed by atoms with Crippen LogP contribution in [0.5, 0.6) is 0 Å². The molecule has 3 rings (SSSR count). The van der Waals surface area contributed by atoms with Crippen LogP contribution < -0.4 is 10.2 Å². The molecular weight excluding hydrogens is 324 g/mol. The molecule has 26 heavy (non-hydrogen) atoms. The van der Waals surface area contributed by atoms with Crippen LogP contribution in [0.25, 0.3) is 0 Å². The maximum absolute atomic E-state index is 9.01. The molecule has 0 amide bonds. The fourth-order valence-electron chi connectivity index (χ4n) is 3.57. The van der Waals surface area contributed by atoms with Crippen molar-refractivity contribution in [1.29, 1.82) is 0 Å². The van der Waals surface area contributed by atoms with Gasteiger partial charge in [0.1, 0.15) is 5.82 Å². The number of aromatic nitrogens is 2. The average molecular weight is 354 g/mol. The molecule has 2 aromatic rings. The number of anilines is 2. The van der Waals surface area contributed by atoms with Crippen LogP contribution in [0.4, 0.5) is 11.8 Å². The fourth-order valence-corrected chi connectivity index (χ4v) is 3.57. The minimum absolute atomic E-state index is 0.0717. The van der Waals surface area contributed by atoms with Gasteiger partial charge >= 0.3 is 0 Å². The molecule has 5 nitrogen and oxygen atoms in total. The van der Waals surface area contributed by atoms with Gasteiger partial charge in [0.05, 0.1) is 5.69 Å². The van der Waals surface area contributed by atoms with Crippen molar-refractivity contribution in [3.8, 4) is 0 Å². The predicted molar refractivity (Wildman–Crippen MR) is 107 cm³/mol. The van der Waals surface area contributed by atoms with Crippen molar-refractivity contribution in [3.05, 3.63) is 47.2 Å². The Morgan fingerprint density at radius 3 is 2.73 bits per heavy atom. The van der Waals surface area contributed by atoms with Gasteiger partial charge in [0.25, 0.3) is 0 Å². The Kier molecular flexibility index (Phi) is 5.47. The van der Waals surface area contributed by atoms with Gasteiger partial charge in [-0.05, 0) is 23.5 Å². The van der Waals surface area contributed by atoms with Crippen LogP contribution in [0, 0.1) is 0 Å². The highest BCUT2D eigenvalue weighted by atomic mass is 16.3. The van der Waals surface area contributed by atoms with Crippen molar-refractivity contribution in [1.82, 2.24) is 9.97 Å². The van der Waals surface area contributed by atoms with Gasteiger partial charge in [-0.3, -0.25) is 0 Å². The summed E-state index contributed by atoms with van der Waals surface area (Å²) in [4.78, 5) is 11.8. The second-order valence-electron chi connectivity index (χ2n) is 8.03. The Bertz CT molecular complexity index is 757. The lowest BCUT2D eigenvalue weighted by atomic mass is 9.78. The van der Waals surface area contributed by atoms with E-state index in [1.54, 1.807) is 0 Å². The molecule has 1 aromatic carbocycles. The van der Waals surface area contributed by atoms with Crippen molar-refractivity contribution in [3.63, 3.8) is 0 Å². The highest BCUT2D eigenvalue weighted by molar-refractivity contribution is 5.51. The zero-order valence-corrected chi connectivity index (χ0v) is 16.3. The highest BCUT2D eigenvalue weighted by Crippen LogP contribution is 2.35. The van der Waals surface area contributed by atoms with E-state index in [9.17, 15) is 0 Å². The van der Waals surface area contributed by atoms with Gasteiger partial charge in [0, 0.05) is 37.7 Å². The smallest absolute Gasteiger partial charge is 0.224 e. The van der Waals surface area contributed by atoms with Gasteiger partial charge in [-0.1, -0.05) is 52.0 Å². The zero-order chi connectivity index (χ0) is 18.7. The summed E-state index contributed by atoms with van der Waals surface area (Å²) < 4.78 is 0. The SMILES string of the molecule is CC(C)c1cc(N2Cc3ccccc3C(C)(C)C2)nc(NCCCO)n1. The van der Waals surface area contributed by atoms with Crippen molar-refractivity contribution in [2.45, 2.75) is 52.0 Å². The number of aliphatic hydroxyl groups excluding tert-OH is 1. The molecule has 1 aliphatic heterocycles. The molecular formula is C21H30N4O. The van der Waals surface area contributed by atoms with Gasteiger partial charge < -0.3 is 15.3 Å². The van der Waals surface area contributed by atoms with E-state index in [2.05, 4.69) is 73.2 Å². The van der Waals surface area contributed by atoms with Gasteiger partial charge in [0.15, 0.2) is 0 Å². The van der Waals surface area contributed by atoms with E-state index >= 15 is 0 Å². The maximum Gasteiger partial charge on any atom is 0.224 e. The molecule has 1 aliphatic rings. The molecule has 0 radical (unpaired) electrons. The predicted octanol–water partition coefficient (Wildman–Crippen LogP) is 3.69. The molecule has 0 saturated carbocycles. The number of hydrogen-bond donors (Lipinski definition) is 2. The zero-order valence-electron chi connectivity index (χ0n) is 16.3. The number of aliphatic hydroxyl groups is 1. The first-order valence-corrected chi connectivity index (χ1v) is 9.48. The molecule has 2 N–H and O–H groups in total. The Balaban J connectivity index is 1.93. The third-order valence-electron chi connectivity index (χ3n) is 4.96. The largest absolute Gasteiger partial charge is 0.396 e. The van der Waals surface area contributed by atoms with Crippen LogP contribution in [-0.2, 0) is 12.0 Å². The molecule has 0 spiro atoms. The normalized spacial score (nSPS) is 15.8. The molecule has 2 heterocycles. The molecule has 140 valence electrons. The minimum atomic E-state index is 0.0717. The van der Waals surface area contributed by atoms with E-state index < -0.39 is 0 Å². The molecule has 0 unspecified atom stereocenters. The summed E-state index contributed by atoms with van der Waals surface area (Å²) in [6.07, 6.45) is 0.689. The standard InChI is InChI=1S/C21H30N4O/c1-15(2)18-12-19(24-20(23-18)22-10-7-11-26)25-13-16-8-5-6-9-17(16)21(3,4)14-25/h5-6,8-9,12,15,26H,7,10-11,13-14H2,1-4H3,(H,22,23,24). The van der Waals surface area contributed by atoms with Crippen LogP contribution >= 0.6 is 0 Å². The second-order valence-corrected chi connectivity index (χ2v) is 8.03. The van der Waals surface area contributed by atoms with E-state index in [0.29, 0.717) is 24.8 Å². The monoisotopic (exact) mass is 354 g/mol. The maximum atomic E-state index is 9.01. The van der Waals surface area contributed by atoms with Gasteiger partial charge in [-0.25, -0.2) is 4.98 Å². The van der Waals surface area contributed by atoms with Crippen LogP contribution in [0.3, 0.4) is 0 Å². The third kappa shape index (κ3) is 3.98. The van der Waals surface area contributed by atoms with Crippen molar-refractivity contribution < 1.29 is 5.11 Å². The summed E-state index contributed by atoms with van der Waals surface area (Å²) in [5, 5.41) is 12.3. The number of nitrogens with one attached hydrogen (secondary N) is 1. The Hall–Kier alpha value is -2.14. The summed E-state index contributed by atoms with van der Waals surface area (Å²) >= 11 is 0. The third-order valence-corrected chi connectivity index (χ3v) is 4.96. The lowest BCUT2D eigenvalue weighted by Gasteiger charge is -2.40. The van der Waals surface area contributed by atoms with Crippen molar-refractivity contribution in [2.75, 3.05) is 29.9 Å². The van der Waals surface area contributed by atoms with Gasteiger partial charge in [0.2, 0.25) is 5.95 Å². The van der Waals surface area contributed by atoms with Crippen molar-refractivity contribution >= 4 is 11.8 Å². The number of rotatable bonds is 6. The highest BCUT2D eigenvalue weighted by Gasteiger charge is 2.32. The second kappa shape index (κ2) is 7.62. The average Bonchev–Trinajstić information content (AvgIpc) is 2.61. The topological polar surface area (TPSA) is 61.3 Å². The van der Waals surface area contributed by atoms with E-state index in [1.165, 1.54) is 11.1 Å². The van der Waals surface area contributed by atoms with E-state index in [-0.39, 0.29) is 12.0 Å². The lowest BCUT2D eigenvalue weighted by Crippen LogP contribution is -2.42. The molecule has 0 aliphatic carbocycles. The van der Waals surface area contributed by atoms with Gasteiger partial charge in [-0.15, -0.1) is 0 Å². The number of benzene rings is 1. The molecule has 5 heteroatoms. The first-order chi connectivity index (χ1) is 12.4. The minimum Gasteiger partial charge on any atom is -0.396 e. The summed E-state index contributed by atoms with van der Waals surface area (Å²) in [5.41, 5.74) is 3.90. The van der Waals surface area contributed by atoms with Crippen LogP contribution in [0.2, 0.25) is 0 Å². The molecule has 0 atom stereocenters. The molecule has 0 bridgehead atoms. The summed E-state index contributed by atoms with van der Waals surface area (Å²) in [6, 6.07) is 10.8. The number of fused-ring (bicyclic) bond motifs is 1. The van der Waals surface area contributed by atoms with E-state index in [1.807, 2.05) is 0 Å². The van der Waals surface area contributed by atoms with E-state index in [0.717, 1.165) is 24.6 Å². The van der Waals surface area contributed by atoms with Crippen LogP contribution in [0.1, 0.15) is 56.9 Å². The molecule has 1 aromatic heterocycles. The molecule has 0 fully saturated rings. The Labute approximate surface area is 156 Å². The fraction of sp³-hybridized carbons (Fsp3) is 0.524. The summed E-state index contributed by atoms with van der Waals surface area (Å²) in [6.45, 7) is 11.5. The van der Waals surface area contributed by atoms with Crippen molar-refractivity contribution in [2.24, 2.45) is 0 Å².